The number of benzene rings is 1. The van der Waals surface area contributed by atoms with Gasteiger partial charge in [0.15, 0.2) is 0 Å². The largest absolute Gasteiger partial charge is 0.381 e. The summed E-state index contributed by atoms with van der Waals surface area (Å²) in [6.45, 7) is 2.81. The fourth-order valence-corrected chi connectivity index (χ4v) is 4.06. The van der Waals surface area contributed by atoms with Gasteiger partial charge in [0, 0.05) is 37.3 Å². The Balaban J connectivity index is 1.53. The van der Waals surface area contributed by atoms with Gasteiger partial charge in [-0.2, -0.15) is 0 Å². The van der Waals surface area contributed by atoms with Crippen molar-refractivity contribution in [3.05, 3.63) is 44.5 Å². The molecule has 0 unspecified atom stereocenters. The van der Waals surface area contributed by atoms with Crippen LogP contribution in [0, 0.1) is 11.8 Å². The highest BCUT2D eigenvalue weighted by molar-refractivity contribution is 5.97. The summed E-state index contributed by atoms with van der Waals surface area (Å²) in [5, 5.41) is 3.15. The number of amides is 1. The van der Waals surface area contributed by atoms with Crippen molar-refractivity contribution in [2.75, 3.05) is 26.4 Å². The number of hydrogen-bond acceptors (Lipinski definition) is 5. The molecule has 0 aliphatic carbocycles. The molecule has 0 radical (unpaired) electrons. The fourth-order valence-electron chi connectivity index (χ4n) is 4.06. The maximum atomic E-state index is 12.8. The molecule has 1 aromatic carbocycles. The Hall–Kier alpha value is -2.45. The molecule has 1 aromatic heterocycles. The van der Waals surface area contributed by atoms with Crippen LogP contribution in [-0.4, -0.2) is 48.3 Å². The number of rotatable bonds is 3. The van der Waals surface area contributed by atoms with Gasteiger partial charge in [-0.15, -0.1) is 0 Å². The molecule has 0 bridgehead atoms. The lowest BCUT2D eigenvalue weighted by Crippen LogP contribution is -2.49. The normalized spacial score (nSPS) is 24.0. The molecule has 0 spiro atoms. The highest BCUT2D eigenvalue weighted by Crippen LogP contribution is 2.30. The van der Waals surface area contributed by atoms with E-state index in [1.165, 1.54) is 0 Å². The zero-order valence-electron chi connectivity index (χ0n) is 15.0. The van der Waals surface area contributed by atoms with Gasteiger partial charge in [0.2, 0.25) is 0 Å². The molecule has 2 saturated heterocycles. The predicted octanol–water partition coefficient (Wildman–Crippen LogP) is 0.778. The van der Waals surface area contributed by atoms with E-state index in [9.17, 15) is 14.4 Å². The molecule has 2 fully saturated rings. The quantitative estimate of drug-likeness (QED) is 0.688. The second kappa shape index (κ2) is 7.66. The molecule has 8 heteroatoms. The van der Waals surface area contributed by atoms with Crippen LogP contribution in [0.4, 0.5) is 0 Å². The van der Waals surface area contributed by atoms with Gasteiger partial charge in [0.25, 0.3) is 5.91 Å². The molecule has 144 valence electrons. The zero-order valence-corrected chi connectivity index (χ0v) is 15.0. The molecule has 0 saturated carbocycles. The van der Waals surface area contributed by atoms with Crippen LogP contribution < -0.4 is 16.4 Å². The summed E-state index contributed by atoms with van der Waals surface area (Å²) in [6.07, 6.45) is 2.77. The van der Waals surface area contributed by atoms with Gasteiger partial charge in [0.05, 0.1) is 17.6 Å². The van der Waals surface area contributed by atoms with Gasteiger partial charge in [-0.3, -0.25) is 14.4 Å². The predicted molar refractivity (Wildman–Crippen MR) is 98.9 cm³/mol. The van der Waals surface area contributed by atoms with Gasteiger partial charge in [0.1, 0.15) is 0 Å². The SMILES string of the molecule is O=C(N[C@@H]1CCOC[C@@H]1C1CCOCC1)c1ccc2[nH]c(=O)c(=O)[nH]c2c1. The first kappa shape index (κ1) is 17.9. The Morgan fingerprint density at radius 2 is 1.67 bits per heavy atom. The van der Waals surface area contributed by atoms with Crippen molar-refractivity contribution in [3.8, 4) is 0 Å². The van der Waals surface area contributed by atoms with Crippen molar-refractivity contribution in [3.63, 3.8) is 0 Å². The summed E-state index contributed by atoms with van der Waals surface area (Å²) >= 11 is 0. The van der Waals surface area contributed by atoms with Gasteiger partial charge in [-0.05, 0) is 43.4 Å². The Labute approximate surface area is 155 Å². The Morgan fingerprint density at radius 1 is 0.963 bits per heavy atom. The maximum Gasteiger partial charge on any atom is 0.314 e. The van der Waals surface area contributed by atoms with E-state index in [1.807, 2.05) is 0 Å². The molecule has 2 aliphatic rings. The van der Waals surface area contributed by atoms with E-state index in [1.54, 1.807) is 18.2 Å². The Bertz CT molecular complexity index is 944. The second-order valence-corrected chi connectivity index (χ2v) is 7.23. The molecular weight excluding hydrogens is 350 g/mol. The molecule has 2 aliphatic heterocycles. The number of ether oxygens (including phenoxy) is 2. The number of carbonyl (C=O) groups is 1. The van der Waals surface area contributed by atoms with Crippen LogP contribution in [0.1, 0.15) is 29.6 Å². The third-order valence-corrected chi connectivity index (χ3v) is 5.57. The van der Waals surface area contributed by atoms with Gasteiger partial charge in [-0.1, -0.05) is 0 Å². The van der Waals surface area contributed by atoms with Crippen LogP contribution in [0.3, 0.4) is 0 Å². The topological polar surface area (TPSA) is 113 Å². The number of aromatic nitrogens is 2. The van der Waals surface area contributed by atoms with E-state index in [0.717, 1.165) is 32.5 Å². The van der Waals surface area contributed by atoms with Crippen molar-refractivity contribution in [2.24, 2.45) is 11.8 Å². The second-order valence-electron chi connectivity index (χ2n) is 7.23. The molecule has 3 heterocycles. The summed E-state index contributed by atoms with van der Waals surface area (Å²) in [7, 11) is 0. The Morgan fingerprint density at radius 3 is 2.44 bits per heavy atom. The summed E-state index contributed by atoms with van der Waals surface area (Å²) in [5.41, 5.74) is -0.0739. The van der Waals surface area contributed by atoms with Gasteiger partial charge in [-0.25, -0.2) is 0 Å². The molecule has 4 rings (SSSR count). The van der Waals surface area contributed by atoms with E-state index < -0.39 is 11.1 Å². The first-order valence-electron chi connectivity index (χ1n) is 9.34. The number of fused-ring (bicyclic) bond motifs is 1. The average Bonchev–Trinajstić information content (AvgIpc) is 2.69. The van der Waals surface area contributed by atoms with E-state index in [0.29, 0.717) is 35.7 Å². The van der Waals surface area contributed by atoms with Crippen molar-refractivity contribution in [2.45, 2.75) is 25.3 Å². The van der Waals surface area contributed by atoms with Crippen LogP contribution in [0.5, 0.6) is 0 Å². The molecule has 27 heavy (non-hydrogen) atoms. The lowest BCUT2D eigenvalue weighted by molar-refractivity contribution is -0.0259. The zero-order chi connectivity index (χ0) is 18.8. The summed E-state index contributed by atoms with van der Waals surface area (Å²) in [6, 6.07) is 4.92. The molecule has 1 amide bonds. The van der Waals surface area contributed by atoms with E-state index in [-0.39, 0.29) is 17.9 Å². The van der Waals surface area contributed by atoms with E-state index >= 15 is 0 Å². The van der Waals surface area contributed by atoms with E-state index in [2.05, 4.69) is 15.3 Å². The molecule has 2 atom stereocenters. The third-order valence-electron chi connectivity index (χ3n) is 5.57. The highest BCUT2D eigenvalue weighted by atomic mass is 16.5. The maximum absolute atomic E-state index is 12.8. The average molecular weight is 373 g/mol. The molecule has 3 N–H and O–H groups in total. The van der Waals surface area contributed by atoms with Crippen molar-refractivity contribution < 1.29 is 14.3 Å². The van der Waals surface area contributed by atoms with Gasteiger partial charge < -0.3 is 24.8 Å². The number of hydrogen-bond donors (Lipinski definition) is 3. The van der Waals surface area contributed by atoms with Crippen LogP contribution in [0.15, 0.2) is 27.8 Å². The van der Waals surface area contributed by atoms with Crippen LogP contribution >= 0.6 is 0 Å². The number of nitrogens with one attached hydrogen (secondary N) is 3. The minimum atomic E-state index is -0.732. The van der Waals surface area contributed by atoms with Crippen LogP contribution in [-0.2, 0) is 9.47 Å². The number of carbonyl (C=O) groups excluding carboxylic acids is 1. The summed E-state index contributed by atoms with van der Waals surface area (Å²) in [4.78, 5) is 40.7. The molecule has 8 nitrogen and oxygen atoms in total. The van der Waals surface area contributed by atoms with Gasteiger partial charge >= 0.3 is 11.1 Å². The Kier molecular flexibility index (Phi) is 5.09. The fraction of sp³-hybridized carbons (Fsp3) is 0.526. The van der Waals surface area contributed by atoms with Crippen molar-refractivity contribution in [1.82, 2.24) is 15.3 Å². The smallest absolute Gasteiger partial charge is 0.314 e. The number of H-pyrrole nitrogens is 2. The van der Waals surface area contributed by atoms with Crippen LogP contribution in [0.25, 0.3) is 11.0 Å². The minimum absolute atomic E-state index is 0.0553. The number of aromatic amines is 2. The highest BCUT2D eigenvalue weighted by Gasteiger charge is 2.34. The van der Waals surface area contributed by atoms with E-state index in [4.69, 9.17) is 9.47 Å². The molecule has 2 aromatic rings. The van der Waals surface area contributed by atoms with Crippen LogP contribution in [0.2, 0.25) is 0 Å². The first-order valence-corrected chi connectivity index (χ1v) is 9.34. The monoisotopic (exact) mass is 373 g/mol. The standard InChI is InChI=1S/C19H23N3O5/c23-17(12-1-2-15-16(9-12)22-19(25)18(24)21-15)20-14-5-8-27-10-13(14)11-3-6-26-7-4-11/h1-2,9,11,13-14H,3-8,10H2,(H,20,23)(H,21,24)(H,22,25)/t13-,14-/m1/s1. The minimum Gasteiger partial charge on any atom is -0.381 e. The lowest BCUT2D eigenvalue weighted by Gasteiger charge is -2.39. The molecular formula is C19H23N3O5. The van der Waals surface area contributed by atoms with Crippen molar-refractivity contribution >= 4 is 16.9 Å². The third kappa shape index (κ3) is 3.81. The summed E-state index contributed by atoms with van der Waals surface area (Å²) < 4.78 is 11.1. The lowest BCUT2D eigenvalue weighted by atomic mass is 9.79. The first-order chi connectivity index (χ1) is 13.1. The van der Waals surface area contributed by atoms with Crippen molar-refractivity contribution in [1.29, 1.82) is 0 Å². The summed E-state index contributed by atoms with van der Waals surface area (Å²) in [5.74, 6) is 0.582.